The molecule has 34 heavy (non-hydrogen) atoms. The van der Waals surface area contributed by atoms with E-state index in [0.717, 1.165) is 50.6 Å². The van der Waals surface area contributed by atoms with Gasteiger partial charge in [0.1, 0.15) is 6.23 Å². The molecule has 4 aliphatic rings. The fourth-order valence-corrected chi connectivity index (χ4v) is 8.44. The fourth-order valence-electron chi connectivity index (χ4n) is 6.68. The zero-order valence-electron chi connectivity index (χ0n) is 20.3. The second-order valence-electron chi connectivity index (χ2n) is 10.9. The van der Waals surface area contributed by atoms with E-state index >= 15 is 0 Å². The number of methoxy groups -OCH3 is 1. The van der Waals surface area contributed by atoms with E-state index in [2.05, 4.69) is 11.4 Å². The molecule has 196 valence electrons. The first-order chi connectivity index (χ1) is 16.2. The molecule has 9 heteroatoms. The standard InChI is InChI=1S/C25H41F3N2O3S/c1-15-7-12-20-22(29-15)34-21(13-16-8-10-17(11-9-16)24(32)33-2)23(31)30(20)14-18-5-3-4-6-19(18)25(26,27)28/h7,16-24,29,31-32H,3-6,8-14H2,1-2H3. The lowest BCUT2D eigenvalue weighted by atomic mass is 9.77. The molecule has 1 saturated heterocycles. The SMILES string of the molecule is COC(O)C1CCC(CC2SC3NC(C)=CCC3N(CC3CCCCC3C(F)(F)F)C2O)CC1. The van der Waals surface area contributed by atoms with Gasteiger partial charge in [-0.3, -0.25) is 4.90 Å². The van der Waals surface area contributed by atoms with Crippen molar-refractivity contribution in [3.63, 3.8) is 0 Å². The Labute approximate surface area is 205 Å². The van der Waals surface area contributed by atoms with E-state index in [1.165, 1.54) is 7.11 Å². The molecule has 0 aromatic carbocycles. The van der Waals surface area contributed by atoms with Gasteiger partial charge in [0.05, 0.1) is 11.3 Å². The first kappa shape index (κ1) is 26.6. The van der Waals surface area contributed by atoms with Crippen LogP contribution in [0.5, 0.6) is 0 Å². The number of nitrogens with one attached hydrogen (secondary N) is 1. The zero-order valence-corrected chi connectivity index (χ0v) is 21.2. The minimum Gasteiger partial charge on any atom is -0.377 e. The van der Waals surface area contributed by atoms with Gasteiger partial charge in [-0.1, -0.05) is 18.9 Å². The summed E-state index contributed by atoms with van der Waals surface area (Å²) >= 11 is 1.76. The fraction of sp³-hybridized carbons (Fsp3) is 0.920. The molecule has 0 spiro atoms. The summed E-state index contributed by atoms with van der Waals surface area (Å²) in [4.78, 5) is 2.01. The molecule has 3 N–H and O–H groups in total. The van der Waals surface area contributed by atoms with Crippen LogP contribution in [-0.4, -0.2) is 64.1 Å². The second kappa shape index (κ2) is 11.3. The number of thioether (sulfide) groups is 1. The average molecular weight is 507 g/mol. The van der Waals surface area contributed by atoms with Gasteiger partial charge in [0, 0.05) is 36.6 Å². The van der Waals surface area contributed by atoms with E-state index in [1.807, 2.05) is 11.8 Å². The minimum absolute atomic E-state index is 0.00310. The lowest BCUT2D eigenvalue weighted by molar-refractivity contribution is -0.201. The van der Waals surface area contributed by atoms with Gasteiger partial charge < -0.3 is 20.3 Å². The van der Waals surface area contributed by atoms with Crippen molar-refractivity contribution in [2.75, 3.05) is 13.7 Å². The van der Waals surface area contributed by atoms with Gasteiger partial charge >= 0.3 is 6.18 Å². The van der Waals surface area contributed by atoms with Crippen molar-refractivity contribution in [3.8, 4) is 0 Å². The predicted octanol–water partition coefficient (Wildman–Crippen LogP) is 4.84. The molecule has 2 heterocycles. The Morgan fingerprint density at radius 3 is 2.56 bits per heavy atom. The monoisotopic (exact) mass is 506 g/mol. The van der Waals surface area contributed by atoms with Crippen LogP contribution in [0.4, 0.5) is 13.2 Å². The molecular weight excluding hydrogens is 465 g/mol. The summed E-state index contributed by atoms with van der Waals surface area (Å²) in [7, 11) is 1.53. The molecule has 2 aliphatic carbocycles. The number of aliphatic hydroxyl groups excluding tert-OH is 2. The van der Waals surface area contributed by atoms with Gasteiger partial charge in [-0.05, 0) is 70.1 Å². The molecule has 4 rings (SSSR count). The number of rotatable bonds is 6. The van der Waals surface area contributed by atoms with E-state index in [0.29, 0.717) is 25.3 Å². The van der Waals surface area contributed by atoms with Gasteiger partial charge in [0.2, 0.25) is 0 Å². The summed E-state index contributed by atoms with van der Waals surface area (Å²) < 4.78 is 46.5. The first-order valence-corrected chi connectivity index (χ1v) is 13.9. The first-order valence-electron chi connectivity index (χ1n) is 13.0. The molecule has 2 saturated carbocycles. The number of hydrogen-bond donors (Lipinski definition) is 3. The molecule has 7 atom stereocenters. The number of nitrogens with zero attached hydrogens (tertiary/aromatic N) is 1. The quantitative estimate of drug-likeness (QED) is 0.448. The predicted molar refractivity (Wildman–Crippen MR) is 128 cm³/mol. The highest BCUT2D eigenvalue weighted by Crippen LogP contribution is 2.46. The maximum Gasteiger partial charge on any atom is 0.392 e. The smallest absolute Gasteiger partial charge is 0.377 e. The van der Waals surface area contributed by atoms with Crippen molar-refractivity contribution >= 4 is 11.8 Å². The highest BCUT2D eigenvalue weighted by molar-refractivity contribution is 8.00. The van der Waals surface area contributed by atoms with Crippen LogP contribution < -0.4 is 5.32 Å². The van der Waals surface area contributed by atoms with Crippen LogP contribution >= 0.6 is 11.8 Å². The van der Waals surface area contributed by atoms with Crippen molar-refractivity contribution in [3.05, 3.63) is 11.8 Å². The summed E-state index contributed by atoms with van der Waals surface area (Å²) in [6.45, 7) is 2.34. The van der Waals surface area contributed by atoms with Crippen molar-refractivity contribution < 1.29 is 28.1 Å². The van der Waals surface area contributed by atoms with Crippen LogP contribution in [0.25, 0.3) is 0 Å². The highest BCUT2D eigenvalue weighted by atomic mass is 32.2. The maximum atomic E-state index is 13.8. The second-order valence-corrected chi connectivity index (χ2v) is 12.3. The zero-order chi connectivity index (χ0) is 24.5. The molecule has 0 aromatic rings. The van der Waals surface area contributed by atoms with Crippen molar-refractivity contribution in [2.24, 2.45) is 23.7 Å². The Hall–Kier alpha value is -0.480. The van der Waals surface area contributed by atoms with Crippen LogP contribution in [0, 0.1) is 23.7 Å². The summed E-state index contributed by atoms with van der Waals surface area (Å²) in [5.41, 5.74) is 1.10. The third kappa shape index (κ3) is 6.07. The van der Waals surface area contributed by atoms with E-state index in [-0.39, 0.29) is 29.0 Å². The van der Waals surface area contributed by atoms with Gasteiger partial charge in [0.15, 0.2) is 6.29 Å². The Kier molecular flexibility index (Phi) is 8.82. The van der Waals surface area contributed by atoms with E-state index in [1.54, 1.807) is 11.8 Å². The minimum atomic E-state index is -4.17. The Bertz CT molecular complexity index is 701. The molecule has 2 aliphatic heterocycles. The topological polar surface area (TPSA) is 65.0 Å². The van der Waals surface area contributed by atoms with E-state index in [9.17, 15) is 23.4 Å². The van der Waals surface area contributed by atoms with Gasteiger partial charge in [-0.15, -0.1) is 11.8 Å². The molecule has 7 unspecified atom stereocenters. The van der Waals surface area contributed by atoms with Crippen molar-refractivity contribution in [1.29, 1.82) is 0 Å². The summed E-state index contributed by atoms with van der Waals surface area (Å²) in [6, 6.07) is 0.00310. The number of fused-ring (bicyclic) bond motifs is 1. The number of allylic oxidation sites excluding steroid dienone is 1. The summed E-state index contributed by atoms with van der Waals surface area (Å²) in [6.07, 6.45) is 4.09. The molecule has 0 amide bonds. The lowest BCUT2D eigenvalue weighted by Gasteiger charge is -2.52. The lowest BCUT2D eigenvalue weighted by Crippen LogP contribution is -2.62. The third-order valence-corrected chi connectivity index (χ3v) is 10.2. The normalized spacial score (nSPS) is 40.7. The largest absolute Gasteiger partial charge is 0.392 e. The average Bonchev–Trinajstić information content (AvgIpc) is 2.81. The highest BCUT2D eigenvalue weighted by Gasteiger charge is 2.49. The van der Waals surface area contributed by atoms with Gasteiger partial charge in [-0.25, -0.2) is 0 Å². The summed E-state index contributed by atoms with van der Waals surface area (Å²) in [5, 5.41) is 25.1. The van der Waals surface area contributed by atoms with Crippen molar-refractivity contribution in [1.82, 2.24) is 10.2 Å². The van der Waals surface area contributed by atoms with Gasteiger partial charge in [-0.2, -0.15) is 13.2 Å². The molecule has 0 bridgehead atoms. The van der Waals surface area contributed by atoms with Gasteiger partial charge in [0.25, 0.3) is 0 Å². The molecule has 0 aromatic heterocycles. The number of alkyl halides is 3. The van der Waals surface area contributed by atoms with Crippen LogP contribution in [0.2, 0.25) is 0 Å². The number of ether oxygens (including phenoxy) is 1. The maximum absolute atomic E-state index is 13.8. The number of aliphatic hydroxyl groups is 2. The third-order valence-electron chi connectivity index (χ3n) is 8.68. The van der Waals surface area contributed by atoms with Crippen LogP contribution in [0.15, 0.2) is 11.8 Å². The Morgan fingerprint density at radius 1 is 1.18 bits per heavy atom. The molecular formula is C25H41F3N2O3S. The molecule has 5 nitrogen and oxygen atoms in total. The van der Waals surface area contributed by atoms with Crippen LogP contribution in [0.1, 0.15) is 71.1 Å². The van der Waals surface area contributed by atoms with E-state index in [4.69, 9.17) is 4.74 Å². The summed E-state index contributed by atoms with van der Waals surface area (Å²) in [5.74, 6) is -1.12. The number of hydrogen-bond acceptors (Lipinski definition) is 6. The number of halogens is 3. The van der Waals surface area contributed by atoms with Crippen molar-refractivity contribution in [2.45, 2.75) is 106 Å². The van der Waals surface area contributed by atoms with Crippen LogP contribution in [-0.2, 0) is 4.74 Å². The van der Waals surface area contributed by atoms with E-state index < -0.39 is 30.5 Å². The Balaban J connectivity index is 1.45. The molecule has 3 fully saturated rings. The molecule has 0 radical (unpaired) electrons. The Morgan fingerprint density at radius 2 is 1.88 bits per heavy atom. The van der Waals surface area contributed by atoms with Crippen LogP contribution in [0.3, 0.4) is 0 Å².